The molecule has 0 saturated carbocycles. The van der Waals surface area contributed by atoms with Crippen LogP contribution in [0, 0.1) is 0 Å². The summed E-state index contributed by atoms with van der Waals surface area (Å²) < 4.78 is 39.2. The molecule has 1 amide bonds. The molecule has 0 aliphatic heterocycles. The lowest BCUT2D eigenvalue weighted by atomic mass is 10.0. The van der Waals surface area contributed by atoms with Crippen LogP contribution in [0.4, 0.5) is 18.9 Å². The molecule has 1 aliphatic carbocycles. The molecule has 2 aromatic rings. The molecule has 1 atom stereocenters. The summed E-state index contributed by atoms with van der Waals surface area (Å²) >= 11 is 0. The van der Waals surface area contributed by atoms with Crippen molar-refractivity contribution in [3.63, 3.8) is 0 Å². The van der Waals surface area contributed by atoms with Crippen molar-refractivity contribution in [3.05, 3.63) is 61.4 Å². The van der Waals surface area contributed by atoms with Gasteiger partial charge in [0.15, 0.2) is 0 Å². The van der Waals surface area contributed by atoms with E-state index in [2.05, 4.69) is 10.3 Å². The number of nitrogens with one attached hydrogen (secondary N) is 3. The van der Waals surface area contributed by atoms with E-state index in [0.29, 0.717) is 5.56 Å². The molecule has 10 heteroatoms. The molecule has 3 rings (SSSR count). The zero-order chi connectivity index (χ0) is 18.4. The zero-order valence-electron chi connectivity index (χ0n) is 12.7. The van der Waals surface area contributed by atoms with Gasteiger partial charge in [-0.15, -0.1) is 0 Å². The summed E-state index contributed by atoms with van der Waals surface area (Å²) in [6.07, 6.45) is -4.06. The number of alkyl halides is 3. The highest BCUT2D eigenvalue weighted by atomic mass is 19.4. The average molecular weight is 354 g/mol. The molecule has 0 radical (unpaired) electrons. The lowest BCUT2D eigenvalue weighted by Crippen LogP contribution is -2.35. The Balaban J connectivity index is 1.92. The van der Waals surface area contributed by atoms with E-state index in [0.717, 1.165) is 6.07 Å². The summed E-state index contributed by atoms with van der Waals surface area (Å²) in [6, 6.07) is 3.10. The minimum Gasteiger partial charge on any atom is -0.392 e. The molecule has 132 valence electrons. The van der Waals surface area contributed by atoms with Crippen molar-refractivity contribution < 1.29 is 18.0 Å². The SMILES string of the molecule is Nc1c(C(=O)NC2CCc3c2cccc3C(F)(F)F)[nH]c(=O)[nH]c1=O. The Hall–Kier alpha value is -3.04. The van der Waals surface area contributed by atoms with Gasteiger partial charge in [0.2, 0.25) is 0 Å². The number of nitrogens with two attached hydrogens (primary N) is 1. The summed E-state index contributed by atoms with van der Waals surface area (Å²) in [5.74, 6) is -0.837. The quantitative estimate of drug-likeness (QED) is 0.645. The Morgan fingerprint density at radius 1 is 1.24 bits per heavy atom. The van der Waals surface area contributed by atoms with Crippen LogP contribution in [0.3, 0.4) is 0 Å². The van der Waals surface area contributed by atoms with E-state index in [1.54, 1.807) is 0 Å². The van der Waals surface area contributed by atoms with E-state index in [9.17, 15) is 27.6 Å². The average Bonchev–Trinajstić information content (AvgIpc) is 2.92. The number of nitrogen functional groups attached to an aromatic ring is 1. The van der Waals surface area contributed by atoms with E-state index in [4.69, 9.17) is 5.73 Å². The van der Waals surface area contributed by atoms with Gasteiger partial charge >= 0.3 is 11.9 Å². The van der Waals surface area contributed by atoms with Crippen molar-refractivity contribution >= 4 is 11.6 Å². The molecule has 0 bridgehead atoms. The lowest BCUT2D eigenvalue weighted by molar-refractivity contribution is -0.138. The van der Waals surface area contributed by atoms with Crippen LogP contribution < -0.4 is 22.3 Å². The van der Waals surface area contributed by atoms with Crippen molar-refractivity contribution in [2.45, 2.75) is 25.1 Å². The van der Waals surface area contributed by atoms with Crippen LogP contribution in [0.1, 0.15) is 39.6 Å². The Labute approximate surface area is 138 Å². The second-order valence-corrected chi connectivity index (χ2v) is 5.63. The third kappa shape index (κ3) is 3.02. The standard InChI is InChI=1S/C15H13F3N4O3/c16-15(17,18)8-3-1-2-7-6(8)4-5-9(7)20-13(24)11-10(19)12(23)22-14(25)21-11/h1-3,9H,4-5,19H2,(H,20,24)(H2,21,22,23,25). The van der Waals surface area contributed by atoms with E-state index in [1.807, 2.05) is 4.98 Å². The van der Waals surface area contributed by atoms with Crippen LogP contribution in [0.25, 0.3) is 0 Å². The van der Waals surface area contributed by atoms with Crippen molar-refractivity contribution in [3.8, 4) is 0 Å². The van der Waals surface area contributed by atoms with Crippen LogP contribution in [0.5, 0.6) is 0 Å². The number of carbonyl (C=O) groups is 1. The number of rotatable bonds is 2. The van der Waals surface area contributed by atoms with Gasteiger partial charge in [-0.2, -0.15) is 13.2 Å². The molecule has 1 aliphatic rings. The molecule has 0 spiro atoms. The van der Waals surface area contributed by atoms with Gasteiger partial charge in [-0.25, -0.2) is 4.79 Å². The zero-order valence-corrected chi connectivity index (χ0v) is 12.7. The predicted octanol–water partition coefficient (Wildman–Crippen LogP) is 1.08. The summed E-state index contributed by atoms with van der Waals surface area (Å²) in [5, 5.41) is 2.52. The molecule has 0 saturated heterocycles. The molecular formula is C15H13F3N4O3. The number of H-pyrrole nitrogens is 2. The van der Waals surface area contributed by atoms with Crippen molar-refractivity contribution in [2.24, 2.45) is 0 Å². The normalized spacial score (nSPS) is 16.5. The number of fused-ring (bicyclic) bond motifs is 1. The maximum absolute atomic E-state index is 13.1. The number of amides is 1. The van der Waals surface area contributed by atoms with E-state index >= 15 is 0 Å². The first-order valence-electron chi connectivity index (χ1n) is 7.30. The van der Waals surface area contributed by atoms with Gasteiger partial charge in [0.1, 0.15) is 11.4 Å². The molecule has 1 heterocycles. The smallest absolute Gasteiger partial charge is 0.392 e. The van der Waals surface area contributed by atoms with Crippen LogP contribution >= 0.6 is 0 Å². The fraction of sp³-hybridized carbons (Fsp3) is 0.267. The number of anilines is 1. The highest BCUT2D eigenvalue weighted by Gasteiger charge is 2.37. The summed E-state index contributed by atoms with van der Waals surface area (Å²) in [6.45, 7) is 0. The first-order chi connectivity index (χ1) is 11.7. The van der Waals surface area contributed by atoms with Crippen LogP contribution in [0.15, 0.2) is 27.8 Å². The van der Waals surface area contributed by atoms with Crippen molar-refractivity contribution in [1.29, 1.82) is 0 Å². The van der Waals surface area contributed by atoms with Crippen LogP contribution in [-0.2, 0) is 12.6 Å². The second-order valence-electron chi connectivity index (χ2n) is 5.63. The Morgan fingerprint density at radius 3 is 2.64 bits per heavy atom. The maximum atomic E-state index is 13.1. The topological polar surface area (TPSA) is 121 Å². The van der Waals surface area contributed by atoms with Gasteiger partial charge < -0.3 is 16.0 Å². The van der Waals surface area contributed by atoms with Gasteiger partial charge in [-0.3, -0.25) is 14.6 Å². The van der Waals surface area contributed by atoms with Crippen LogP contribution in [0.2, 0.25) is 0 Å². The molecule has 25 heavy (non-hydrogen) atoms. The summed E-state index contributed by atoms with van der Waals surface area (Å²) in [7, 11) is 0. The Kier molecular flexibility index (Phi) is 3.90. The molecule has 1 unspecified atom stereocenters. The monoisotopic (exact) mass is 354 g/mol. The largest absolute Gasteiger partial charge is 0.416 e. The van der Waals surface area contributed by atoms with E-state index in [1.165, 1.54) is 12.1 Å². The van der Waals surface area contributed by atoms with E-state index < -0.39 is 46.3 Å². The van der Waals surface area contributed by atoms with Gasteiger partial charge in [0.25, 0.3) is 11.5 Å². The van der Waals surface area contributed by atoms with Crippen molar-refractivity contribution in [1.82, 2.24) is 15.3 Å². The third-order valence-electron chi connectivity index (χ3n) is 4.09. The van der Waals surface area contributed by atoms with Gasteiger partial charge in [-0.05, 0) is 30.0 Å². The number of benzene rings is 1. The third-order valence-corrected chi connectivity index (χ3v) is 4.09. The fourth-order valence-corrected chi connectivity index (χ4v) is 2.98. The minimum atomic E-state index is -4.48. The number of halogens is 3. The maximum Gasteiger partial charge on any atom is 0.416 e. The summed E-state index contributed by atoms with van der Waals surface area (Å²) in [4.78, 5) is 39.0. The number of aromatic amines is 2. The first-order valence-corrected chi connectivity index (χ1v) is 7.30. The lowest BCUT2D eigenvalue weighted by Gasteiger charge is -2.16. The number of hydrogen-bond donors (Lipinski definition) is 4. The molecule has 1 aromatic carbocycles. The highest BCUT2D eigenvalue weighted by Crippen LogP contribution is 2.40. The molecule has 5 N–H and O–H groups in total. The number of hydrogen-bond acceptors (Lipinski definition) is 4. The molecule has 7 nitrogen and oxygen atoms in total. The minimum absolute atomic E-state index is 0.132. The van der Waals surface area contributed by atoms with Crippen molar-refractivity contribution in [2.75, 3.05) is 5.73 Å². The predicted molar refractivity (Wildman–Crippen MR) is 82.1 cm³/mol. The van der Waals surface area contributed by atoms with Crippen LogP contribution in [-0.4, -0.2) is 15.9 Å². The van der Waals surface area contributed by atoms with Gasteiger partial charge in [-0.1, -0.05) is 12.1 Å². The number of aromatic nitrogens is 2. The molecule has 0 fully saturated rings. The molecule has 1 aromatic heterocycles. The second kappa shape index (κ2) is 5.80. The number of carbonyl (C=O) groups excluding carboxylic acids is 1. The van der Waals surface area contributed by atoms with E-state index in [-0.39, 0.29) is 18.4 Å². The first kappa shape index (κ1) is 16.8. The van der Waals surface area contributed by atoms with Gasteiger partial charge in [0, 0.05) is 0 Å². The Morgan fingerprint density at radius 2 is 1.96 bits per heavy atom. The summed E-state index contributed by atoms with van der Waals surface area (Å²) in [5.41, 5.74) is 2.52. The highest BCUT2D eigenvalue weighted by molar-refractivity contribution is 5.97. The fourth-order valence-electron chi connectivity index (χ4n) is 2.98. The Bertz CT molecular complexity index is 962. The van der Waals surface area contributed by atoms with Gasteiger partial charge in [0.05, 0.1) is 11.6 Å². The molecular weight excluding hydrogens is 341 g/mol.